The highest BCUT2D eigenvalue weighted by Gasteiger charge is 2.12. The number of ether oxygens (including phenoxy) is 1. The Kier molecular flexibility index (Phi) is 4.61. The first-order chi connectivity index (χ1) is 15.2. The van der Waals surface area contributed by atoms with E-state index in [1.807, 2.05) is 30.3 Å². The van der Waals surface area contributed by atoms with Gasteiger partial charge in [0.05, 0.1) is 6.61 Å². The van der Waals surface area contributed by atoms with Crippen molar-refractivity contribution in [3.05, 3.63) is 90.0 Å². The predicted molar refractivity (Wildman–Crippen MR) is 126 cm³/mol. The van der Waals surface area contributed by atoms with E-state index in [9.17, 15) is 10.1 Å². The first-order valence-electron chi connectivity index (χ1n) is 10.3. The molecule has 0 spiro atoms. The van der Waals surface area contributed by atoms with Gasteiger partial charge < -0.3 is 4.74 Å². The van der Waals surface area contributed by atoms with E-state index in [2.05, 4.69) is 54.6 Å². The van der Waals surface area contributed by atoms with Crippen molar-refractivity contribution in [3.8, 4) is 17.2 Å². The molecular formula is C28H19NO2. The summed E-state index contributed by atoms with van der Waals surface area (Å²) in [6.45, 7) is 1.96. The third-order valence-electron chi connectivity index (χ3n) is 5.68. The highest BCUT2D eigenvalue weighted by Crippen LogP contribution is 2.39. The largest absolute Gasteiger partial charge is 0.462 e. The Hall–Kier alpha value is -4.16. The number of hydrogen-bond acceptors (Lipinski definition) is 3. The molecule has 0 atom stereocenters. The number of hydrogen-bond donors (Lipinski definition) is 0. The number of carbonyl (C=O) groups is 1. The van der Waals surface area contributed by atoms with Crippen LogP contribution in [-0.4, -0.2) is 12.6 Å². The van der Waals surface area contributed by atoms with Crippen molar-refractivity contribution in [2.45, 2.75) is 6.92 Å². The summed E-state index contributed by atoms with van der Waals surface area (Å²) in [7, 11) is 0. The maximum Gasteiger partial charge on any atom is 0.348 e. The first kappa shape index (κ1) is 18.8. The van der Waals surface area contributed by atoms with Crippen molar-refractivity contribution < 1.29 is 9.53 Å². The Bertz CT molecular complexity index is 1490. The van der Waals surface area contributed by atoms with Crippen LogP contribution in [0.1, 0.15) is 12.5 Å². The van der Waals surface area contributed by atoms with E-state index in [1.54, 1.807) is 13.0 Å². The SMILES string of the molecule is CCOC(=O)/C(C#N)=C\c1ccc(-c2ccc3ccc4cccc5ccc2c3c45)cc1. The summed E-state index contributed by atoms with van der Waals surface area (Å²) in [4.78, 5) is 11.9. The molecule has 0 radical (unpaired) electrons. The fourth-order valence-corrected chi connectivity index (χ4v) is 4.26. The third-order valence-corrected chi connectivity index (χ3v) is 5.68. The Balaban J connectivity index is 1.61. The topological polar surface area (TPSA) is 50.1 Å². The quantitative estimate of drug-likeness (QED) is 0.145. The minimum absolute atomic E-state index is 0.00247. The van der Waals surface area contributed by atoms with Crippen molar-refractivity contribution in [1.82, 2.24) is 0 Å². The summed E-state index contributed by atoms with van der Waals surface area (Å²) < 4.78 is 4.93. The van der Waals surface area contributed by atoms with Crippen LogP contribution >= 0.6 is 0 Å². The molecule has 0 amide bonds. The van der Waals surface area contributed by atoms with E-state index in [-0.39, 0.29) is 12.2 Å². The zero-order valence-electron chi connectivity index (χ0n) is 17.1. The summed E-state index contributed by atoms with van der Waals surface area (Å²) in [5.41, 5.74) is 3.03. The highest BCUT2D eigenvalue weighted by molar-refractivity contribution is 6.25. The Morgan fingerprint density at radius 2 is 1.52 bits per heavy atom. The fourth-order valence-electron chi connectivity index (χ4n) is 4.26. The molecule has 0 aromatic heterocycles. The van der Waals surface area contributed by atoms with Crippen molar-refractivity contribution >= 4 is 44.4 Å². The Morgan fingerprint density at radius 3 is 2.19 bits per heavy atom. The van der Waals surface area contributed by atoms with Crippen LogP contribution in [0.25, 0.3) is 49.5 Å². The summed E-state index contributed by atoms with van der Waals surface area (Å²) in [5, 5.41) is 16.8. The van der Waals surface area contributed by atoms with Crippen LogP contribution in [0.15, 0.2) is 84.4 Å². The molecule has 5 rings (SSSR count). The molecule has 148 valence electrons. The molecule has 0 bridgehead atoms. The van der Waals surface area contributed by atoms with Crippen LogP contribution in [0.3, 0.4) is 0 Å². The minimum atomic E-state index is -0.596. The summed E-state index contributed by atoms with van der Waals surface area (Å²) in [6, 6.07) is 29.3. The molecule has 0 saturated carbocycles. The number of rotatable bonds is 4. The van der Waals surface area contributed by atoms with Crippen molar-refractivity contribution in [2.24, 2.45) is 0 Å². The lowest BCUT2D eigenvalue weighted by atomic mass is 9.90. The molecule has 0 heterocycles. The average molecular weight is 401 g/mol. The molecule has 0 aliphatic heterocycles. The number of nitriles is 1. The second kappa shape index (κ2) is 7.59. The highest BCUT2D eigenvalue weighted by atomic mass is 16.5. The predicted octanol–water partition coefficient (Wildman–Crippen LogP) is 6.72. The molecule has 0 aliphatic rings. The van der Waals surface area contributed by atoms with Gasteiger partial charge in [-0.25, -0.2) is 4.79 Å². The van der Waals surface area contributed by atoms with Crippen LogP contribution in [0.4, 0.5) is 0 Å². The molecular weight excluding hydrogens is 382 g/mol. The van der Waals surface area contributed by atoms with Crippen molar-refractivity contribution in [2.75, 3.05) is 6.61 Å². The second-order valence-electron chi connectivity index (χ2n) is 7.48. The van der Waals surface area contributed by atoms with Gasteiger partial charge in [0, 0.05) is 0 Å². The standard InChI is InChI=1S/C28H19NO2/c1-2-31-28(30)23(17-29)16-18-6-8-19(9-7-18)24-14-12-22-11-10-20-4-3-5-21-13-15-25(24)27(22)26(20)21/h3-16H,2H2,1H3/b23-16-. The zero-order valence-corrected chi connectivity index (χ0v) is 17.1. The zero-order chi connectivity index (χ0) is 21.4. The monoisotopic (exact) mass is 401 g/mol. The molecule has 3 heteroatoms. The van der Waals surface area contributed by atoms with Crippen molar-refractivity contribution in [1.29, 1.82) is 5.26 Å². The average Bonchev–Trinajstić information content (AvgIpc) is 2.81. The Labute approximate surface area is 180 Å². The van der Waals surface area contributed by atoms with E-state index >= 15 is 0 Å². The molecule has 5 aromatic rings. The third kappa shape index (κ3) is 3.19. The maximum absolute atomic E-state index is 11.9. The molecule has 0 N–H and O–H groups in total. The lowest BCUT2D eigenvalue weighted by Crippen LogP contribution is -2.05. The van der Waals surface area contributed by atoms with Crippen molar-refractivity contribution in [3.63, 3.8) is 0 Å². The van der Waals surface area contributed by atoms with Crippen LogP contribution in [0.5, 0.6) is 0 Å². The van der Waals surface area contributed by atoms with Gasteiger partial charge in [-0.3, -0.25) is 0 Å². The molecule has 0 fully saturated rings. The molecule has 0 aliphatic carbocycles. The van der Waals surface area contributed by atoms with Gasteiger partial charge in [0.25, 0.3) is 0 Å². The van der Waals surface area contributed by atoms with Crippen LogP contribution in [0, 0.1) is 11.3 Å². The van der Waals surface area contributed by atoms with Crippen LogP contribution in [-0.2, 0) is 9.53 Å². The summed E-state index contributed by atoms with van der Waals surface area (Å²) >= 11 is 0. The fraction of sp³-hybridized carbons (Fsp3) is 0.0714. The smallest absolute Gasteiger partial charge is 0.348 e. The van der Waals surface area contributed by atoms with Gasteiger partial charge in [-0.05, 0) is 62.0 Å². The number of esters is 1. The molecule has 5 aromatic carbocycles. The minimum Gasteiger partial charge on any atom is -0.462 e. The molecule has 0 unspecified atom stereocenters. The first-order valence-corrected chi connectivity index (χ1v) is 10.3. The van der Waals surface area contributed by atoms with Gasteiger partial charge in [-0.15, -0.1) is 0 Å². The van der Waals surface area contributed by atoms with Gasteiger partial charge in [-0.1, -0.05) is 78.9 Å². The van der Waals surface area contributed by atoms with Gasteiger partial charge in [-0.2, -0.15) is 5.26 Å². The second-order valence-corrected chi connectivity index (χ2v) is 7.48. The molecule has 31 heavy (non-hydrogen) atoms. The lowest BCUT2D eigenvalue weighted by molar-refractivity contribution is -0.137. The maximum atomic E-state index is 11.9. The summed E-state index contributed by atoms with van der Waals surface area (Å²) in [5.74, 6) is -0.596. The van der Waals surface area contributed by atoms with E-state index in [1.165, 1.54) is 32.3 Å². The van der Waals surface area contributed by atoms with Crippen LogP contribution < -0.4 is 0 Å². The van der Waals surface area contributed by atoms with E-state index in [0.717, 1.165) is 16.7 Å². The van der Waals surface area contributed by atoms with Crippen LogP contribution in [0.2, 0.25) is 0 Å². The number of nitrogens with zero attached hydrogens (tertiary/aromatic N) is 1. The van der Waals surface area contributed by atoms with Gasteiger partial charge >= 0.3 is 5.97 Å². The van der Waals surface area contributed by atoms with Gasteiger partial charge in [0.1, 0.15) is 11.6 Å². The number of carbonyl (C=O) groups excluding carboxylic acids is 1. The summed E-state index contributed by atoms with van der Waals surface area (Å²) in [6.07, 6.45) is 1.56. The lowest BCUT2D eigenvalue weighted by Gasteiger charge is -2.14. The number of benzene rings is 5. The van der Waals surface area contributed by atoms with Gasteiger partial charge in [0.15, 0.2) is 0 Å². The van der Waals surface area contributed by atoms with Gasteiger partial charge in [0.2, 0.25) is 0 Å². The molecule has 0 saturated heterocycles. The van der Waals surface area contributed by atoms with E-state index in [0.29, 0.717) is 0 Å². The molecule has 3 nitrogen and oxygen atoms in total. The normalized spacial score (nSPS) is 11.8. The Morgan fingerprint density at radius 1 is 0.871 bits per heavy atom. The van der Waals surface area contributed by atoms with E-state index in [4.69, 9.17) is 4.74 Å². The van der Waals surface area contributed by atoms with E-state index < -0.39 is 5.97 Å².